The van der Waals surface area contributed by atoms with Gasteiger partial charge in [-0.15, -0.1) is 11.3 Å². The minimum atomic E-state index is -0.894. The SMILES string of the molecule is Cc1ncsc1-c1ccc(CNC(=O)C2C[C@@H](O)CN2C(=O)C(NC(=O)CCCCCCC(=O)Nc2ccc(CNc3nc(OC4CCN(C)CC4)nc4c(C(C)C)cnn34)cc2)C(C)(C)C)cc1. The molecule has 0 spiro atoms. The molecule has 0 bridgehead atoms. The average Bonchev–Trinajstić information content (AvgIpc) is 4.07. The lowest BCUT2D eigenvalue weighted by atomic mass is 9.85. The molecule has 3 aromatic heterocycles. The van der Waals surface area contributed by atoms with Crippen LogP contribution in [0.3, 0.4) is 0 Å². The lowest BCUT2D eigenvalue weighted by Gasteiger charge is -2.35. The number of ether oxygens (including phenoxy) is 1. The minimum absolute atomic E-state index is 0.00904. The Morgan fingerprint density at radius 3 is 2.22 bits per heavy atom. The van der Waals surface area contributed by atoms with E-state index in [0.717, 1.165) is 77.2 Å². The van der Waals surface area contributed by atoms with E-state index in [2.05, 4.69) is 57.1 Å². The smallest absolute Gasteiger partial charge is 0.322 e. The third-order valence-corrected chi connectivity index (χ3v) is 13.9. The first-order valence-electron chi connectivity index (χ1n) is 24.3. The van der Waals surface area contributed by atoms with Crippen LogP contribution in [-0.2, 0) is 32.3 Å². The van der Waals surface area contributed by atoms with Crippen molar-refractivity contribution in [3.8, 4) is 16.5 Å². The number of aromatic nitrogens is 5. The molecular formula is C51H69N11O6S. The van der Waals surface area contributed by atoms with Crippen LogP contribution in [0.15, 0.2) is 60.2 Å². The number of carbonyl (C=O) groups is 4. The zero-order valence-corrected chi connectivity index (χ0v) is 41.9. The van der Waals surface area contributed by atoms with Crippen LogP contribution in [0.5, 0.6) is 6.01 Å². The number of amides is 4. The summed E-state index contributed by atoms with van der Waals surface area (Å²) in [6.45, 7) is 14.5. The largest absolute Gasteiger partial charge is 0.460 e. The van der Waals surface area contributed by atoms with Gasteiger partial charge in [-0.1, -0.05) is 83.9 Å². The Balaban J connectivity index is 0.817. The number of benzene rings is 2. The number of nitrogens with zero attached hydrogens (tertiary/aromatic N) is 7. The standard InChI is InChI=1S/C51H69N11O6S/c1-32(2)40-29-55-62-46(40)58-50(68-39-22-24-60(7)25-23-39)59-49(62)53-28-35-16-20-37(21-17-35)56-42(64)12-10-8-9-11-13-43(65)57-45(51(4,5)6)48(67)61-30-38(63)26-41(61)47(66)52-27-34-14-18-36(19-15-34)44-33(3)54-31-69-44/h14-21,29,31-32,38-39,41,45,63H,8-13,22-28,30H2,1-7H3,(H,52,66)(H,56,64)(H,57,65)(H,53,58,59)/t38-,41?,45?/m1/s1. The van der Waals surface area contributed by atoms with Crippen molar-refractivity contribution in [2.24, 2.45) is 5.41 Å². The summed E-state index contributed by atoms with van der Waals surface area (Å²) in [5.41, 5.74) is 7.54. The second-order valence-electron chi connectivity index (χ2n) is 19.9. The maximum atomic E-state index is 14.0. The van der Waals surface area contributed by atoms with Crippen LogP contribution >= 0.6 is 11.3 Å². The van der Waals surface area contributed by atoms with Crippen LogP contribution in [0.1, 0.15) is 121 Å². The second kappa shape index (κ2) is 23.1. The normalized spacial score (nSPS) is 17.3. The summed E-state index contributed by atoms with van der Waals surface area (Å²) in [5.74, 6) is -0.309. The number of carbonyl (C=O) groups excluding carboxylic acids is 4. The molecule has 5 N–H and O–H groups in total. The van der Waals surface area contributed by atoms with E-state index in [1.165, 1.54) is 4.90 Å². The van der Waals surface area contributed by atoms with E-state index in [-0.39, 0.29) is 55.7 Å². The van der Waals surface area contributed by atoms with E-state index < -0.39 is 29.5 Å². The molecule has 5 aromatic rings. The highest BCUT2D eigenvalue weighted by molar-refractivity contribution is 7.13. The number of nitrogens with one attached hydrogen (secondary N) is 4. The number of fused-ring (bicyclic) bond motifs is 1. The lowest BCUT2D eigenvalue weighted by molar-refractivity contribution is -0.144. The van der Waals surface area contributed by atoms with Gasteiger partial charge in [0.1, 0.15) is 18.2 Å². The van der Waals surface area contributed by atoms with E-state index in [0.29, 0.717) is 43.5 Å². The van der Waals surface area contributed by atoms with Crippen molar-refractivity contribution in [2.75, 3.05) is 37.3 Å². The molecule has 5 heterocycles. The molecule has 4 amide bonds. The quantitative estimate of drug-likeness (QED) is 0.0508. The molecule has 0 aliphatic carbocycles. The molecule has 69 heavy (non-hydrogen) atoms. The lowest BCUT2D eigenvalue weighted by Crippen LogP contribution is -2.57. The monoisotopic (exact) mass is 964 g/mol. The molecule has 2 aliphatic rings. The van der Waals surface area contributed by atoms with Gasteiger partial charge < -0.3 is 40.9 Å². The molecule has 2 unspecified atom stereocenters. The number of aliphatic hydroxyl groups excluding tert-OH is 1. The van der Waals surface area contributed by atoms with Crippen molar-refractivity contribution in [2.45, 2.75) is 143 Å². The molecule has 2 fully saturated rings. The predicted octanol–water partition coefficient (Wildman–Crippen LogP) is 6.85. The fourth-order valence-electron chi connectivity index (χ4n) is 8.75. The van der Waals surface area contributed by atoms with E-state index in [9.17, 15) is 24.3 Å². The number of thiazole rings is 1. The Labute approximate surface area is 409 Å². The van der Waals surface area contributed by atoms with Crippen molar-refractivity contribution in [3.63, 3.8) is 0 Å². The van der Waals surface area contributed by atoms with Crippen molar-refractivity contribution in [1.29, 1.82) is 0 Å². The number of β-amino-alcohol motifs (C(OH)–C–C–N with tert-alkyl or cyclic N) is 1. The summed E-state index contributed by atoms with van der Waals surface area (Å²) >= 11 is 1.58. The Bertz CT molecular complexity index is 2530. The third-order valence-electron chi connectivity index (χ3n) is 12.9. The van der Waals surface area contributed by atoms with Gasteiger partial charge in [0.05, 0.1) is 28.4 Å². The maximum Gasteiger partial charge on any atom is 0.322 e. The highest BCUT2D eigenvalue weighted by Gasteiger charge is 2.44. The summed E-state index contributed by atoms with van der Waals surface area (Å²) < 4.78 is 8.01. The van der Waals surface area contributed by atoms with Crippen LogP contribution in [-0.4, -0.2) is 114 Å². The Kier molecular flexibility index (Phi) is 17.0. The zero-order chi connectivity index (χ0) is 49.2. The molecule has 0 radical (unpaired) electrons. The van der Waals surface area contributed by atoms with Crippen LogP contribution in [0.2, 0.25) is 0 Å². The maximum absolute atomic E-state index is 14.0. The molecule has 2 aliphatic heterocycles. The van der Waals surface area contributed by atoms with Crippen LogP contribution in [0, 0.1) is 12.3 Å². The topological polar surface area (TPSA) is 208 Å². The number of rotatable bonds is 20. The summed E-state index contributed by atoms with van der Waals surface area (Å²) in [4.78, 5) is 72.2. The van der Waals surface area contributed by atoms with Crippen molar-refractivity contribution in [3.05, 3.63) is 82.6 Å². The van der Waals surface area contributed by atoms with Crippen LogP contribution < -0.4 is 26.0 Å². The van der Waals surface area contributed by atoms with Gasteiger partial charge in [0.2, 0.25) is 29.6 Å². The van der Waals surface area contributed by atoms with Gasteiger partial charge in [0, 0.05) is 63.2 Å². The van der Waals surface area contributed by atoms with E-state index in [1.54, 1.807) is 15.9 Å². The van der Waals surface area contributed by atoms with Gasteiger partial charge in [0.25, 0.3) is 0 Å². The fourth-order valence-corrected chi connectivity index (χ4v) is 9.56. The highest BCUT2D eigenvalue weighted by atomic mass is 32.1. The molecule has 370 valence electrons. The van der Waals surface area contributed by atoms with Crippen LogP contribution in [0.25, 0.3) is 16.1 Å². The zero-order valence-electron chi connectivity index (χ0n) is 41.1. The van der Waals surface area contributed by atoms with Crippen LogP contribution in [0.4, 0.5) is 11.6 Å². The van der Waals surface area contributed by atoms with Gasteiger partial charge in [0.15, 0.2) is 5.65 Å². The molecule has 2 saturated heterocycles. The van der Waals surface area contributed by atoms with E-state index >= 15 is 0 Å². The summed E-state index contributed by atoms with van der Waals surface area (Å²) in [5, 5.41) is 27.5. The third kappa shape index (κ3) is 13.6. The number of piperidine rings is 1. The first-order chi connectivity index (χ1) is 33.0. The molecule has 3 atom stereocenters. The van der Waals surface area contributed by atoms with Gasteiger partial charge >= 0.3 is 6.01 Å². The Hall–Kier alpha value is -5.98. The highest BCUT2D eigenvalue weighted by Crippen LogP contribution is 2.29. The minimum Gasteiger partial charge on any atom is -0.460 e. The first kappa shape index (κ1) is 50.9. The second-order valence-corrected chi connectivity index (χ2v) is 20.8. The molecule has 18 heteroatoms. The summed E-state index contributed by atoms with van der Waals surface area (Å²) in [7, 11) is 2.12. The summed E-state index contributed by atoms with van der Waals surface area (Å²) in [6.07, 6.45) is 6.34. The number of aryl methyl sites for hydroxylation is 1. The van der Waals surface area contributed by atoms with E-state index in [1.807, 2.05) is 87.9 Å². The number of aliphatic hydroxyl groups is 1. The number of likely N-dealkylation sites (tertiary alicyclic amines) is 2. The van der Waals surface area contributed by atoms with Gasteiger partial charge in [-0.3, -0.25) is 19.2 Å². The Morgan fingerprint density at radius 1 is 0.899 bits per heavy atom. The van der Waals surface area contributed by atoms with Gasteiger partial charge in [-0.25, -0.2) is 4.98 Å². The predicted molar refractivity (Wildman–Crippen MR) is 268 cm³/mol. The fraction of sp³-hybridized carbons (Fsp3) is 0.529. The van der Waals surface area contributed by atoms with Crippen molar-refractivity contribution in [1.82, 2.24) is 45.0 Å². The first-order valence-corrected chi connectivity index (χ1v) is 25.2. The molecule has 0 saturated carbocycles. The number of unbranched alkanes of at least 4 members (excludes halogenated alkanes) is 3. The number of anilines is 2. The van der Waals surface area contributed by atoms with Crippen molar-refractivity contribution >= 4 is 52.2 Å². The Morgan fingerprint density at radius 2 is 1.57 bits per heavy atom. The average molecular weight is 964 g/mol. The molecule has 17 nitrogen and oxygen atoms in total. The van der Waals surface area contributed by atoms with Crippen molar-refractivity contribution < 1.29 is 29.0 Å². The van der Waals surface area contributed by atoms with Gasteiger partial charge in [-0.2, -0.15) is 19.6 Å². The number of hydrogen-bond donors (Lipinski definition) is 5. The molecular weight excluding hydrogens is 895 g/mol. The van der Waals surface area contributed by atoms with Gasteiger partial charge in [-0.05, 0) is 79.8 Å². The van der Waals surface area contributed by atoms with E-state index in [4.69, 9.17) is 14.7 Å². The number of hydrogen-bond acceptors (Lipinski definition) is 13. The molecule has 2 aromatic carbocycles. The molecule has 7 rings (SSSR count). The summed E-state index contributed by atoms with van der Waals surface area (Å²) in [6, 6.07) is 14.2.